The van der Waals surface area contributed by atoms with Crippen LogP contribution in [0, 0.1) is 10.1 Å². The summed E-state index contributed by atoms with van der Waals surface area (Å²) in [5, 5.41) is 13.7. The standard InChI is InChI=1S/C13H18N2O6/c1-8(7-19-2)14-13(16)9-5-11(20-3)12(21-4)6-10(9)15(17)18/h5-6,8H,7H2,1-4H3,(H,14,16)/t8-/m1/s1. The number of benzene rings is 1. The number of carbonyl (C=O) groups excluding carboxylic acids is 1. The maximum atomic E-state index is 12.2. The maximum absolute atomic E-state index is 12.2. The van der Waals surface area contributed by atoms with Gasteiger partial charge in [0.1, 0.15) is 5.56 Å². The van der Waals surface area contributed by atoms with E-state index in [0.717, 1.165) is 6.07 Å². The number of carbonyl (C=O) groups is 1. The molecule has 0 aromatic heterocycles. The van der Waals surface area contributed by atoms with Crippen molar-refractivity contribution in [2.24, 2.45) is 0 Å². The van der Waals surface area contributed by atoms with Crippen molar-refractivity contribution >= 4 is 11.6 Å². The Bertz CT molecular complexity index is 532. The quantitative estimate of drug-likeness (QED) is 0.603. The normalized spacial score (nSPS) is 11.6. The molecule has 1 rings (SSSR count). The smallest absolute Gasteiger partial charge is 0.286 e. The van der Waals surface area contributed by atoms with Gasteiger partial charge in [-0.15, -0.1) is 0 Å². The number of nitro benzene ring substituents is 1. The summed E-state index contributed by atoms with van der Waals surface area (Å²) in [6.07, 6.45) is 0. The average Bonchev–Trinajstić information content (AvgIpc) is 2.45. The molecule has 1 atom stereocenters. The van der Waals surface area contributed by atoms with Crippen molar-refractivity contribution in [1.29, 1.82) is 0 Å². The second-order valence-electron chi connectivity index (χ2n) is 4.31. The number of hydrogen-bond donors (Lipinski definition) is 1. The van der Waals surface area contributed by atoms with Crippen molar-refractivity contribution in [3.05, 3.63) is 27.8 Å². The Hall–Kier alpha value is -2.35. The fourth-order valence-corrected chi connectivity index (χ4v) is 1.79. The molecule has 0 saturated heterocycles. The van der Waals surface area contributed by atoms with Gasteiger partial charge in [0.15, 0.2) is 11.5 Å². The molecule has 0 radical (unpaired) electrons. The molecule has 116 valence electrons. The molecular formula is C13H18N2O6. The number of ether oxygens (including phenoxy) is 3. The van der Waals surface area contributed by atoms with Crippen molar-refractivity contribution in [3.8, 4) is 11.5 Å². The summed E-state index contributed by atoms with van der Waals surface area (Å²) in [4.78, 5) is 22.6. The highest BCUT2D eigenvalue weighted by Gasteiger charge is 2.25. The van der Waals surface area contributed by atoms with Gasteiger partial charge in [0, 0.05) is 19.2 Å². The van der Waals surface area contributed by atoms with E-state index in [1.807, 2.05) is 0 Å². The van der Waals surface area contributed by atoms with Crippen LogP contribution in [0.5, 0.6) is 11.5 Å². The van der Waals surface area contributed by atoms with Crippen molar-refractivity contribution in [1.82, 2.24) is 5.32 Å². The number of methoxy groups -OCH3 is 3. The van der Waals surface area contributed by atoms with E-state index in [1.165, 1.54) is 27.4 Å². The molecule has 8 nitrogen and oxygen atoms in total. The van der Waals surface area contributed by atoms with E-state index in [2.05, 4.69) is 5.32 Å². The molecule has 0 unspecified atom stereocenters. The fourth-order valence-electron chi connectivity index (χ4n) is 1.79. The summed E-state index contributed by atoms with van der Waals surface area (Å²) in [6, 6.07) is 2.16. The summed E-state index contributed by atoms with van der Waals surface area (Å²) in [5.74, 6) is -0.148. The van der Waals surface area contributed by atoms with Gasteiger partial charge in [-0.05, 0) is 6.92 Å². The van der Waals surface area contributed by atoms with Crippen LogP contribution in [0.2, 0.25) is 0 Å². The predicted molar refractivity (Wildman–Crippen MR) is 75.0 cm³/mol. The van der Waals surface area contributed by atoms with E-state index in [9.17, 15) is 14.9 Å². The second-order valence-corrected chi connectivity index (χ2v) is 4.31. The Balaban J connectivity index is 3.20. The number of nitro groups is 1. The van der Waals surface area contributed by atoms with Crippen molar-refractivity contribution in [3.63, 3.8) is 0 Å². The lowest BCUT2D eigenvalue weighted by Crippen LogP contribution is -2.35. The minimum atomic E-state index is -0.641. The number of nitrogens with zero attached hydrogens (tertiary/aromatic N) is 1. The molecular weight excluding hydrogens is 280 g/mol. The lowest BCUT2D eigenvalue weighted by molar-refractivity contribution is -0.385. The van der Waals surface area contributed by atoms with Gasteiger partial charge in [0.05, 0.1) is 31.8 Å². The van der Waals surface area contributed by atoms with Crippen molar-refractivity contribution < 1.29 is 23.9 Å². The first kappa shape index (κ1) is 16.7. The van der Waals surface area contributed by atoms with Gasteiger partial charge in [-0.1, -0.05) is 0 Å². The van der Waals surface area contributed by atoms with Gasteiger partial charge in [-0.3, -0.25) is 14.9 Å². The summed E-state index contributed by atoms with van der Waals surface area (Å²) >= 11 is 0. The first-order chi connectivity index (χ1) is 9.94. The van der Waals surface area contributed by atoms with E-state index >= 15 is 0 Å². The Morgan fingerprint density at radius 2 is 1.86 bits per heavy atom. The van der Waals surface area contributed by atoms with Crippen molar-refractivity contribution in [2.75, 3.05) is 27.9 Å². The first-order valence-electron chi connectivity index (χ1n) is 6.14. The molecule has 8 heteroatoms. The topological polar surface area (TPSA) is 99.9 Å². The van der Waals surface area contributed by atoms with E-state index in [-0.39, 0.29) is 28.8 Å². The van der Waals surface area contributed by atoms with Gasteiger partial charge < -0.3 is 19.5 Å². The van der Waals surface area contributed by atoms with Crippen LogP contribution in [0.3, 0.4) is 0 Å². The monoisotopic (exact) mass is 298 g/mol. The van der Waals surface area contributed by atoms with E-state index in [4.69, 9.17) is 14.2 Å². The zero-order valence-electron chi connectivity index (χ0n) is 12.3. The SMILES string of the molecule is COC[C@@H](C)NC(=O)c1cc(OC)c(OC)cc1[N+](=O)[O-]. The van der Waals surface area contributed by atoms with E-state index in [0.29, 0.717) is 6.61 Å². The predicted octanol–water partition coefficient (Wildman–Crippen LogP) is 1.38. The summed E-state index contributed by atoms with van der Waals surface area (Å²) in [5.41, 5.74) is -0.449. The third-order valence-corrected chi connectivity index (χ3v) is 2.74. The molecule has 0 aliphatic heterocycles. The first-order valence-corrected chi connectivity index (χ1v) is 6.14. The minimum Gasteiger partial charge on any atom is -0.493 e. The van der Waals surface area contributed by atoms with E-state index in [1.54, 1.807) is 6.92 Å². The molecule has 1 N–H and O–H groups in total. The Morgan fingerprint density at radius 1 is 1.29 bits per heavy atom. The van der Waals surface area contributed by atoms with Crippen LogP contribution >= 0.6 is 0 Å². The molecule has 21 heavy (non-hydrogen) atoms. The highest BCUT2D eigenvalue weighted by atomic mass is 16.6. The molecule has 0 spiro atoms. The van der Waals surface area contributed by atoms with Crippen LogP contribution in [0.15, 0.2) is 12.1 Å². The van der Waals surface area contributed by atoms with Crippen LogP contribution in [0.1, 0.15) is 17.3 Å². The van der Waals surface area contributed by atoms with Gasteiger partial charge in [0.25, 0.3) is 11.6 Å². The Labute approximate surface area is 122 Å². The highest BCUT2D eigenvalue weighted by molar-refractivity contribution is 5.99. The molecule has 0 aliphatic rings. The summed E-state index contributed by atoms with van der Waals surface area (Å²) in [6.45, 7) is 2.03. The van der Waals surface area contributed by atoms with Crippen molar-refractivity contribution in [2.45, 2.75) is 13.0 Å². The third-order valence-electron chi connectivity index (χ3n) is 2.74. The molecule has 0 heterocycles. The maximum Gasteiger partial charge on any atom is 0.286 e. The van der Waals surface area contributed by atoms with E-state index < -0.39 is 10.8 Å². The third kappa shape index (κ3) is 4.06. The summed E-state index contributed by atoms with van der Waals surface area (Å²) < 4.78 is 15.0. The molecule has 1 aromatic carbocycles. The van der Waals surface area contributed by atoms with Crippen LogP contribution < -0.4 is 14.8 Å². The van der Waals surface area contributed by atoms with Crippen LogP contribution in [-0.2, 0) is 4.74 Å². The van der Waals surface area contributed by atoms with Gasteiger partial charge in [-0.25, -0.2) is 0 Å². The van der Waals surface area contributed by atoms with Gasteiger partial charge >= 0.3 is 0 Å². The average molecular weight is 298 g/mol. The molecule has 1 aromatic rings. The zero-order chi connectivity index (χ0) is 16.0. The molecule has 0 aliphatic carbocycles. The molecule has 0 bridgehead atoms. The van der Waals surface area contributed by atoms with Gasteiger partial charge in [-0.2, -0.15) is 0 Å². The number of hydrogen-bond acceptors (Lipinski definition) is 6. The largest absolute Gasteiger partial charge is 0.493 e. The number of nitrogens with one attached hydrogen (secondary N) is 1. The lowest BCUT2D eigenvalue weighted by Gasteiger charge is -2.14. The fraction of sp³-hybridized carbons (Fsp3) is 0.462. The molecule has 0 fully saturated rings. The Morgan fingerprint density at radius 3 is 2.33 bits per heavy atom. The lowest BCUT2D eigenvalue weighted by atomic mass is 10.1. The summed E-state index contributed by atoms with van der Waals surface area (Å²) in [7, 11) is 4.25. The van der Waals surface area contributed by atoms with Gasteiger partial charge in [0.2, 0.25) is 0 Å². The molecule has 0 saturated carbocycles. The second kappa shape index (κ2) is 7.44. The minimum absolute atomic E-state index is 0.0967. The Kier molecular flexibility index (Phi) is 5.92. The zero-order valence-corrected chi connectivity index (χ0v) is 12.3. The number of amides is 1. The number of rotatable bonds is 7. The van der Waals surface area contributed by atoms with Crippen LogP contribution in [-0.4, -0.2) is 44.8 Å². The van der Waals surface area contributed by atoms with Crippen LogP contribution in [0.25, 0.3) is 0 Å². The molecule has 1 amide bonds. The highest BCUT2D eigenvalue weighted by Crippen LogP contribution is 2.34. The van der Waals surface area contributed by atoms with Crippen LogP contribution in [0.4, 0.5) is 5.69 Å².